The van der Waals surface area contributed by atoms with E-state index in [4.69, 9.17) is 12.8 Å². The van der Waals surface area contributed by atoms with Gasteiger partial charge in [0.15, 0.2) is 0 Å². The number of benzene rings is 2. The Balaban J connectivity index is 2.25. The molecule has 7 nitrogen and oxygen atoms in total. The molecule has 10 heteroatoms. The van der Waals surface area contributed by atoms with Crippen LogP contribution in [0.4, 0.5) is 0 Å². The van der Waals surface area contributed by atoms with Gasteiger partial charge in [-0.2, -0.15) is 16.8 Å². The fraction of sp³-hybridized carbons (Fsp3) is 0.556. The zero-order valence-electron chi connectivity index (χ0n) is 23.2. The van der Waals surface area contributed by atoms with E-state index in [1.54, 1.807) is 24.3 Å². The van der Waals surface area contributed by atoms with Crippen LogP contribution in [0.5, 0.6) is 0 Å². The molecule has 1 atom stereocenters. The second kappa shape index (κ2) is 13.0. The summed E-state index contributed by atoms with van der Waals surface area (Å²) >= 11 is 0. The zero-order valence-corrected chi connectivity index (χ0v) is 25.9. The Morgan fingerprint density at radius 2 is 1.03 bits per heavy atom. The maximum Gasteiger partial charge on any atom is 0.297 e. The van der Waals surface area contributed by atoms with Gasteiger partial charge in [-0.3, -0.25) is 8.37 Å². The molecule has 0 aromatic heterocycles. The minimum Gasteiger partial charge on any atom is -0.411 e. The molecule has 0 aliphatic heterocycles. The Bertz CT molecular complexity index is 1180. The van der Waals surface area contributed by atoms with E-state index in [1.165, 1.54) is 24.3 Å². The van der Waals surface area contributed by atoms with Crippen LogP contribution in [0.15, 0.2) is 58.3 Å². The molecule has 0 bridgehead atoms. The topological polar surface area (TPSA) is 96.0 Å². The van der Waals surface area contributed by atoms with Crippen molar-refractivity contribution in [1.29, 1.82) is 0 Å². The molecule has 2 aromatic rings. The van der Waals surface area contributed by atoms with Crippen LogP contribution in [0.2, 0.25) is 16.6 Å². The fourth-order valence-electron chi connectivity index (χ4n) is 4.87. The highest BCUT2D eigenvalue weighted by molar-refractivity contribution is 7.87. The second-order valence-electron chi connectivity index (χ2n) is 10.5. The van der Waals surface area contributed by atoms with Gasteiger partial charge in [0.05, 0.1) is 29.1 Å². The van der Waals surface area contributed by atoms with Gasteiger partial charge in [-0.1, -0.05) is 76.9 Å². The molecule has 0 fully saturated rings. The molecule has 0 unspecified atom stereocenters. The quantitative estimate of drug-likeness (QED) is 0.192. The van der Waals surface area contributed by atoms with Crippen LogP contribution in [0.1, 0.15) is 59.1 Å². The van der Waals surface area contributed by atoms with E-state index in [2.05, 4.69) is 41.5 Å². The van der Waals surface area contributed by atoms with Crippen molar-refractivity contribution in [2.75, 3.05) is 13.2 Å². The van der Waals surface area contributed by atoms with Gasteiger partial charge >= 0.3 is 0 Å². The van der Waals surface area contributed by atoms with Gasteiger partial charge in [0.25, 0.3) is 20.2 Å². The molecule has 0 heterocycles. The van der Waals surface area contributed by atoms with Crippen molar-refractivity contribution < 1.29 is 29.6 Å². The molecule has 0 radical (unpaired) electrons. The number of rotatable bonds is 14. The Morgan fingerprint density at radius 3 is 1.41 bits per heavy atom. The lowest BCUT2D eigenvalue weighted by Gasteiger charge is -2.44. The maximum absolute atomic E-state index is 12.9. The molecule has 0 aliphatic rings. The average molecular weight is 571 g/mol. The lowest BCUT2D eigenvalue weighted by molar-refractivity contribution is 0.0928. The molecule has 37 heavy (non-hydrogen) atoms. The predicted octanol–water partition coefficient (Wildman–Crippen LogP) is 6.37. The molecule has 0 amide bonds. The van der Waals surface area contributed by atoms with E-state index in [1.807, 2.05) is 13.8 Å². The Hall–Kier alpha value is -1.56. The summed E-state index contributed by atoms with van der Waals surface area (Å²) < 4.78 is 68.6. The van der Waals surface area contributed by atoms with E-state index < -0.39 is 34.7 Å². The summed E-state index contributed by atoms with van der Waals surface area (Å²) in [4.78, 5) is 0.138. The van der Waals surface area contributed by atoms with Crippen molar-refractivity contribution in [3.63, 3.8) is 0 Å². The standard InChI is InChI=1S/C27H42O7S2Si/c1-20(2)37(21(3)4,22(5)6)34-25(19-33-36(30,31)27-15-11-24(8)12-16-27)17-18-32-35(28,29)26-13-9-23(7)10-14-26/h9-16,20-22,25H,17-19H2,1-8H3/t25-/m0/s1. The normalized spacial score (nSPS) is 14.0. The van der Waals surface area contributed by atoms with Crippen LogP contribution in [0, 0.1) is 13.8 Å². The molecule has 0 saturated carbocycles. The Kier molecular flexibility index (Phi) is 11.1. The largest absolute Gasteiger partial charge is 0.411 e. The van der Waals surface area contributed by atoms with Crippen LogP contribution in [-0.2, 0) is 33.0 Å². The molecule has 208 valence electrons. The van der Waals surface area contributed by atoms with Gasteiger partial charge in [0.2, 0.25) is 8.32 Å². The lowest BCUT2D eigenvalue weighted by Crippen LogP contribution is -2.51. The molecular weight excluding hydrogens is 529 g/mol. The van der Waals surface area contributed by atoms with Crippen molar-refractivity contribution in [3.8, 4) is 0 Å². The van der Waals surface area contributed by atoms with Gasteiger partial charge < -0.3 is 4.43 Å². The van der Waals surface area contributed by atoms with Crippen molar-refractivity contribution in [3.05, 3.63) is 59.7 Å². The van der Waals surface area contributed by atoms with E-state index >= 15 is 0 Å². The van der Waals surface area contributed by atoms with E-state index in [0.717, 1.165) is 11.1 Å². The van der Waals surface area contributed by atoms with Crippen LogP contribution < -0.4 is 0 Å². The van der Waals surface area contributed by atoms with Crippen LogP contribution in [-0.4, -0.2) is 44.5 Å². The summed E-state index contributed by atoms with van der Waals surface area (Å²) in [5.41, 5.74) is 2.63. The lowest BCUT2D eigenvalue weighted by atomic mass is 10.2. The molecule has 0 N–H and O–H groups in total. The highest BCUT2D eigenvalue weighted by atomic mass is 32.2. The predicted molar refractivity (Wildman–Crippen MR) is 149 cm³/mol. The van der Waals surface area contributed by atoms with Crippen molar-refractivity contribution in [2.24, 2.45) is 0 Å². The summed E-state index contributed by atoms with van der Waals surface area (Å²) in [6.45, 7) is 16.1. The fourth-order valence-corrected chi connectivity index (χ4v) is 12.3. The van der Waals surface area contributed by atoms with Crippen LogP contribution in [0.25, 0.3) is 0 Å². The van der Waals surface area contributed by atoms with Crippen molar-refractivity contribution in [2.45, 2.75) is 94.3 Å². The minimum absolute atomic E-state index is 0.0649. The van der Waals surface area contributed by atoms with Gasteiger partial charge in [0, 0.05) is 0 Å². The SMILES string of the molecule is Cc1ccc(S(=O)(=O)OCC[C@@H](COS(=O)(=O)c2ccc(C)cc2)O[Si](C(C)C)(C(C)C)C(C)C)cc1. The molecule has 0 aliphatic carbocycles. The Labute approximate surface area is 224 Å². The van der Waals surface area contributed by atoms with E-state index in [9.17, 15) is 16.8 Å². The smallest absolute Gasteiger partial charge is 0.297 e. The van der Waals surface area contributed by atoms with E-state index in [0.29, 0.717) is 0 Å². The van der Waals surface area contributed by atoms with Gasteiger partial charge in [-0.25, -0.2) is 0 Å². The van der Waals surface area contributed by atoms with Gasteiger partial charge in [0.1, 0.15) is 0 Å². The minimum atomic E-state index is -4.01. The highest BCUT2D eigenvalue weighted by Crippen LogP contribution is 2.43. The second-order valence-corrected chi connectivity index (χ2v) is 19.1. The molecule has 0 saturated heterocycles. The first-order chi connectivity index (χ1) is 17.1. The van der Waals surface area contributed by atoms with E-state index in [-0.39, 0.29) is 46.0 Å². The zero-order chi connectivity index (χ0) is 28.0. The monoisotopic (exact) mass is 570 g/mol. The Morgan fingerprint density at radius 1 is 0.649 bits per heavy atom. The summed E-state index contributed by atoms with van der Waals surface area (Å²) in [7, 11) is -10.4. The summed E-state index contributed by atoms with van der Waals surface area (Å²) in [6, 6.07) is 12.9. The number of hydrogen-bond donors (Lipinski definition) is 0. The molecule has 2 aromatic carbocycles. The maximum atomic E-state index is 12.9. The summed E-state index contributed by atoms with van der Waals surface area (Å²) in [5.74, 6) is 0. The van der Waals surface area contributed by atoms with Crippen LogP contribution >= 0.6 is 0 Å². The third kappa shape index (κ3) is 8.21. The first-order valence-corrected chi connectivity index (χ1v) is 17.7. The van der Waals surface area contributed by atoms with Crippen molar-refractivity contribution in [1.82, 2.24) is 0 Å². The van der Waals surface area contributed by atoms with Gasteiger partial charge in [-0.15, -0.1) is 0 Å². The summed E-state index contributed by atoms with van der Waals surface area (Å²) in [6.07, 6.45) is -0.498. The first kappa shape index (κ1) is 31.7. The molecule has 2 rings (SSSR count). The summed E-state index contributed by atoms with van der Waals surface area (Å²) in [5, 5.41) is 0. The third-order valence-electron chi connectivity index (χ3n) is 6.78. The highest BCUT2D eigenvalue weighted by Gasteiger charge is 2.46. The number of hydrogen-bond acceptors (Lipinski definition) is 7. The average Bonchev–Trinajstić information content (AvgIpc) is 2.80. The van der Waals surface area contributed by atoms with Gasteiger partial charge in [-0.05, 0) is 61.2 Å². The molecular formula is C27H42O7S2Si. The van der Waals surface area contributed by atoms with Crippen LogP contribution in [0.3, 0.4) is 0 Å². The van der Waals surface area contributed by atoms with Crippen molar-refractivity contribution >= 4 is 28.6 Å². The number of aryl methyl sites for hydroxylation is 2. The first-order valence-electron chi connectivity index (χ1n) is 12.7. The third-order valence-corrected chi connectivity index (χ3v) is 15.6. The molecule has 0 spiro atoms.